The van der Waals surface area contributed by atoms with E-state index in [1.807, 2.05) is 22.1 Å². The zero-order chi connectivity index (χ0) is 17.9. The first-order chi connectivity index (χ1) is 12.8. The number of ether oxygens (including phenoxy) is 1. The number of aromatic nitrogens is 5. The van der Waals surface area contributed by atoms with E-state index < -0.39 is 0 Å². The number of imidazole rings is 1. The van der Waals surface area contributed by atoms with Crippen LogP contribution < -0.4 is 10.1 Å². The number of pyridine rings is 1. The van der Waals surface area contributed by atoms with E-state index in [0.29, 0.717) is 11.7 Å². The summed E-state index contributed by atoms with van der Waals surface area (Å²) in [4.78, 5) is 18.2. The summed E-state index contributed by atoms with van der Waals surface area (Å²) in [6.45, 7) is 2.93. The van der Waals surface area contributed by atoms with Gasteiger partial charge in [0.25, 0.3) is 0 Å². The van der Waals surface area contributed by atoms with Crippen LogP contribution in [-0.2, 0) is 0 Å². The van der Waals surface area contributed by atoms with Gasteiger partial charge < -0.3 is 10.1 Å². The highest BCUT2D eigenvalue weighted by Crippen LogP contribution is 2.27. The highest BCUT2D eigenvalue weighted by Gasteiger charge is 2.15. The van der Waals surface area contributed by atoms with Gasteiger partial charge in [-0.2, -0.15) is 11.3 Å². The first-order valence-corrected chi connectivity index (χ1v) is 9.26. The number of anilines is 1. The van der Waals surface area contributed by atoms with Gasteiger partial charge in [0.2, 0.25) is 5.88 Å². The minimum atomic E-state index is 0.558. The molecule has 26 heavy (non-hydrogen) atoms. The maximum atomic E-state index is 5.13. The minimum Gasteiger partial charge on any atom is -0.481 e. The molecule has 0 spiro atoms. The predicted molar refractivity (Wildman–Crippen MR) is 103 cm³/mol. The third-order valence-electron chi connectivity index (χ3n) is 3.93. The first kappa shape index (κ1) is 16.5. The van der Waals surface area contributed by atoms with Gasteiger partial charge in [0, 0.05) is 29.8 Å². The third-order valence-corrected chi connectivity index (χ3v) is 4.60. The molecule has 0 saturated heterocycles. The van der Waals surface area contributed by atoms with Crippen LogP contribution in [0.15, 0.2) is 41.5 Å². The van der Waals surface area contributed by atoms with Gasteiger partial charge in [-0.05, 0) is 23.9 Å². The average Bonchev–Trinajstić information content (AvgIpc) is 3.35. The van der Waals surface area contributed by atoms with E-state index in [1.54, 1.807) is 37.0 Å². The van der Waals surface area contributed by atoms with E-state index >= 15 is 0 Å². The highest BCUT2D eigenvalue weighted by atomic mass is 32.1. The van der Waals surface area contributed by atoms with E-state index in [-0.39, 0.29) is 0 Å². The normalized spacial score (nSPS) is 11.0. The van der Waals surface area contributed by atoms with Gasteiger partial charge in [0.05, 0.1) is 12.8 Å². The zero-order valence-electron chi connectivity index (χ0n) is 14.5. The molecule has 8 heteroatoms. The summed E-state index contributed by atoms with van der Waals surface area (Å²) in [6, 6.07) is 5.75. The Hall–Kier alpha value is -3.00. The number of rotatable bonds is 6. The standard InChI is InChI=1S/C18H18N6OS/c1-3-7-19-17-15-18(24(11-21-15)13-6-8-26-10-13)23-16(22-17)12-4-5-14(25-2)20-9-12/h4-6,8-11H,3,7H2,1-2H3,(H,19,22,23). The molecule has 1 N–H and O–H groups in total. The fraction of sp³-hybridized carbons (Fsp3) is 0.222. The van der Waals surface area contributed by atoms with Gasteiger partial charge in [-0.25, -0.2) is 19.9 Å². The summed E-state index contributed by atoms with van der Waals surface area (Å²) in [6.07, 6.45) is 4.50. The van der Waals surface area contributed by atoms with Crippen LogP contribution >= 0.6 is 11.3 Å². The van der Waals surface area contributed by atoms with Crippen molar-refractivity contribution in [2.45, 2.75) is 13.3 Å². The molecule has 0 aliphatic heterocycles. The molecule has 0 aliphatic carbocycles. The summed E-state index contributed by atoms with van der Waals surface area (Å²) >= 11 is 1.64. The molecule has 0 radical (unpaired) electrons. The molecule has 0 atom stereocenters. The summed E-state index contributed by atoms with van der Waals surface area (Å²) < 4.78 is 7.11. The summed E-state index contributed by atoms with van der Waals surface area (Å²) in [5, 5.41) is 7.46. The molecule has 4 aromatic heterocycles. The second-order valence-corrected chi connectivity index (χ2v) is 6.46. The molecule has 4 heterocycles. The topological polar surface area (TPSA) is 77.8 Å². The number of nitrogens with zero attached hydrogens (tertiary/aromatic N) is 5. The highest BCUT2D eigenvalue weighted by molar-refractivity contribution is 7.08. The van der Waals surface area contributed by atoms with Crippen LogP contribution in [-0.4, -0.2) is 38.2 Å². The SMILES string of the molecule is CCCNc1nc(-c2ccc(OC)nc2)nc2c1ncn2-c1ccsc1. The smallest absolute Gasteiger partial charge is 0.212 e. The van der Waals surface area contributed by atoms with Gasteiger partial charge in [-0.15, -0.1) is 0 Å². The van der Waals surface area contributed by atoms with Crippen molar-refractivity contribution in [3.05, 3.63) is 41.5 Å². The Labute approximate surface area is 154 Å². The van der Waals surface area contributed by atoms with Crippen molar-refractivity contribution in [1.82, 2.24) is 24.5 Å². The molecule has 0 saturated carbocycles. The first-order valence-electron chi connectivity index (χ1n) is 8.32. The monoisotopic (exact) mass is 366 g/mol. The van der Waals surface area contributed by atoms with Crippen LogP contribution in [0, 0.1) is 0 Å². The van der Waals surface area contributed by atoms with E-state index in [9.17, 15) is 0 Å². The second-order valence-electron chi connectivity index (χ2n) is 5.68. The molecule has 0 bridgehead atoms. The number of thiophene rings is 1. The minimum absolute atomic E-state index is 0.558. The average molecular weight is 366 g/mol. The summed E-state index contributed by atoms with van der Waals surface area (Å²) in [5.41, 5.74) is 3.39. The molecular weight excluding hydrogens is 348 g/mol. The van der Waals surface area contributed by atoms with E-state index in [1.165, 1.54) is 0 Å². The lowest BCUT2D eigenvalue weighted by Crippen LogP contribution is -2.05. The quantitative estimate of drug-likeness (QED) is 0.560. The Morgan fingerprint density at radius 1 is 1.19 bits per heavy atom. The molecule has 7 nitrogen and oxygen atoms in total. The summed E-state index contributed by atoms with van der Waals surface area (Å²) in [7, 11) is 1.59. The number of hydrogen-bond acceptors (Lipinski definition) is 7. The van der Waals surface area contributed by atoms with Gasteiger partial charge in [-0.1, -0.05) is 6.92 Å². The van der Waals surface area contributed by atoms with Gasteiger partial charge >= 0.3 is 0 Å². The molecule has 0 fully saturated rings. The zero-order valence-corrected chi connectivity index (χ0v) is 15.3. The van der Waals surface area contributed by atoms with Crippen molar-refractivity contribution in [1.29, 1.82) is 0 Å². The molecule has 0 unspecified atom stereocenters. The van der Waals surface area contributed by atoms with Crippen LogP contribution in [0.25, 0.3) is 28.2 Å². The lowest BCUT2D eigenvalue weighted by Gasteiger charge is -2.09. The predicted octanol–water partition coefficient (Wildman–Crippen LogP) is 3.77. The fourth-order valence-electron chi connectivity index (χ4n) is 2.61. The van der Waals surface area contributed by atoms with Crippen molar-refractivity contribution in [3.63, 3.8) is 0 Å². The fourth-order valence-corrected chi connectivity index (χ4v) is 3.24. The lowest BCUT2D eigenvalue weighted by molar-refractivity contribution is 0.398. The maximum absolute atomic E-state index is 5.13. The molecule has 0 aliphatic rings. The van der Waals surface area contributed by atoms with E-state index in [0.717, 1.165) is 41.2 Å². The number of methoxy groups -OCH3 is 1. The largest absolute Gasteiger partial charge is 0.481 e. The molecular formula is C18H18N6OS. The Bertz CT molecular complexity index is 1010. The Balaban J connectivity index is 1.87. The van der Waals surface area contributed by atoms with E-state index in [2.05, 4.69) is 32.6 Å². The van der Waals surface area contributed by atoms with Gasteiger partial charge in [0.15, 0.2) is 22.8 Å². The molecule has 0 amide bonds. The van der Waals surface area contributed by atoms with Crippen LogP contribution in [0.5, 0.6) is 5.88 Å². The van der Waals surface area contributed by atoms with Gasteiger partial charge in [0.1, 0.15) is 6.33 Å². The van der Waals surface area contributed by atoms with Gasteiger partial charge in [-0.3, -0.25) is 4.57 Å². The van der Waals surface area contributed by atoms with Crippen LogP contribution in [0.1, 0.15) is 13.3 Å². The Morgan fingerprint density at radius 2 is 2.12 bits per heavy atom. The van der Waals surface area contributed by atoms with Crippen molar-refractivity contribution >= 4 is 28.3 Å². The molecule has 0 aromatic carbocycles. The van der Waals surface area contributed by atoms with Crippen molar-refractivity contribution in [2.75, 3.05) is 19.0 Å². The number of hydrogen-bond donors (Lipinski definition) is 1. The van der Waals surface area contributed by atoms with Crippen molar-refractivity contribution in [2.24, 2.45) is 0 Å². The Morgan fingerprint density at radius 3 is 2.81 bits per heavy atom. The maximum Gasteiger partial charge on any atom is 0.212 e. The Kier molecular flexibility index (Phi) is 4.49. The molecule has 4 rings (SSSR count). The van der Waals surface area contributed by atoms with Crippen molar-refractivity contribution in [3.8, 4) is 23.0 Å². The van der Waals surface area contributed by atoms with Crippen LogP contribution in [0.2, 0.25) is 0 Å². The van der Waals surface area contributed by atoms with E-state index in [4.69, 9.17) is 9.72 Å². The van der Waals surface area contributed by atoms with Crippen LogP contribution in [0.4, 0.5) is 5.82 Å². The second kappa shape index (κ2) is 7.09. The lowest BCUT2D eigenvalue weighted by atomic mass is 10.2. The number of nitrogens with one attached hydrogen (secondary N) is 1. The third kappa shape index (κ3) is 2.99. The molecule has 4 aromatic rings. The van der Waals surface area contributed by atoms with Crippen molar-refractivity contribution < 1.29 is 4.74 Å². The summed E-state index contributed by atoms with van der Waals surface area (Å²) in [5.74, 6) is 1.89. The molecule has 132 valence electrons. The van der Waals surface area contributed by atoms with Crippen LogP contribution in [0.3, 0.4) is 0 Å². The number of fused-ring (bicyclic) bond motifs is 1.